The second kappa shape index (κ2) is 4.23. The Labute approximate surface area is 100 Å². The highest BCUT2D eigenvalue weighted by Crippen LogP contribution is 2.36. The third kappa shape index (κ3) is 1.74. The Morgan fingerprint density at radius 2 is 1.22 bits per heavy atom. The minimum atomic E-state index is -2.13. The van der Waals surface area contributed by atoms with Gasteiger partial charge in [-0.1, -0.05) is 17.2 Å². The molecule has 0 aromatic heterocycles. The van der Waals surface area contributed by atoms with Gasteiger partial charge in [0.25, 0.3) is 0 Å². The number of hydrogen-bond donors (Lipinski definition) is 0. The van der Waals surface area contributed by atoms with Gasteiger partial charge in [-0.2, -0.15) is 0 Å². The predicted octanol–water partition coefficient (Wildman–Crippen LogP) is 4.51. The molecule has 0 unspecified atom stereocenters. The van der Waals surface area contributed by atoms with Crippen molar-refractivity contribution in [2.24, 2.45) is 0 Å². The molecule has 96 valence electrons. The molecule has 0 heterocycles. The SMILES string of the molecule is CC1=C(C)CC(c2c(F)c(F)c(F)c(F)c2F)=C1. The van der Waals surface area contributed by atoms with Crippen molar-refractivity contribution in [2.75, 3.05) is 0 Å². The molecule has 2 rings (SSSR count). The summed E-state index contributed by atoms with van der Waals surface area (Å²) in [6.07, 6.45) is 1.62. The summed E-state index contributed by atoms with van der Waals surface area (Å²) in [6.45, 7) is 3.46. The molecular formula is C13H9F5. The third-order valence-electron chi connectivity index (χ3n) is 3.05. The lowest BCUT2D eigenvalue weighted by Gasteiger charge is -2.09. The Kier molecular flexibility index (Phi) is 3.00. The minimum Gasteiger partial charge on any atom is -0.203 e. The summed E-state index contributed by atoms with van der Waals surface area (Å²) < 4.78 is 66.0. The molecule has 18 heavy (non-hydrogen) atoms. The highest BCUT2D eigenvalue weighted by molar-refractivity contribution is 5.74. The van der Waals surface area contributed by atoms with Crippen LogP contribution in [0.5, 0.6) is 0 Å². The van der Waals surface area contributed by atoms with E-state index in [1.54, 1.807) is 13.8 Å². The van der Waals surface area contributed by atoms with Crippen LogP contribution >= 0.6 is 0 Å². The molecule has 1 aliphatic rings. The fourth-order valence-corrected chi connectivity index (χ4v) is 1.91. The molecule has 0 bridgehead atoms. The normalized spacial score (nSPS) is 15.4. The van der Waals surface area contributed by atoms with Crippen LogP contribution < -0.4 is 0 Å². The maximum absolute atomic E-state index is 13.5. The van der Waals surface area contributed by atoms with E-state index in [0.29, 0.717) is 0 Å². The molecule has 0 spiro atoms. The molecule has 0 saturated heterocycles. The van der Waals surface area contributed by atoms with Gasteiger partial charge in [0.05, 0.1) is 5.56 Å². The maximum Gasteiger partial charge on any atom is 0.200 e. The van der Waals surface area contributed by atoms with Crippen LogP contribution in [0.15, 0.2) is 17.2 Å². The van der Waals surface area contributed by atoms with Crippen molar-refractivity contribution in [3.8, 4) is 0 Å². The Hall–Kier alpha value is -1.65. The van der Waals surface area contributed by atoms with Gasteiger partial charge in [0, 0.05) is 0 Å². The minimum absolute atomic E-state index is 0.109. The van der Waals surface area contributed by atoms with Gasteiger partial charge >= 0.3 is 0 Å². The molecule has 0 atom stereocenters. The molecule has 0 N–H and O–H groups in total. The average molecular weight is 260 g/mol. The van der Waals surface area contributed by atoms with Gasteiger partial charge in [0.1, 0.15) is 0 Å². The van der Waals surface area contributed by atoms with Crippen LogP contribution in [0.2, 0.25) is 0 Å². The van der Waals surface area contributed by atoms with Gasteiger partial charge in [0.15, 0.2) is 23.3 Å². The number of hydrogen-bond acceptors (Lipinski definition) is 0. The van der Waals surface area contributed by atoms with E-state index in [2.05, 4.69) is 0 Å². The predicted molar refractivity (Wildman–Crippen MR) is 57.2 cm³/mol. The molecule has 0 aliphatic heterocycles. The van der Waals surface area contributed by atoms with Crippen molar-refractivity contribution < 1.29 is 22.0 Å². The van der Waals surface area contributed by atoms with E-state index in [-0.39, 0.29) is 12.0 Å². The quantitative estimate of drug-likeness (QED) is 0.396. The van der Waals surface area contributed by atoms with E-state index >= 15 is 0 Å². The van der Waals surface area contributed by atoms with E-state index in [9.17, 15) is 22.0 Å². The van der Waals surface area contributed by atoms with Crippen LogP contribution in [0.4, 0.5) is 22.0 Å². The second-order valence-electron chi connectivity index (χ2n) is 4.25. The maximum atomic E-state index is 13.5. The number of allylic oxidation sites excluding steroid dienone is 4. The number of halogens is 5. The Balaban J connectivity index is 2.65. The monoisotopic (exact) mass is 260 g/mol. The van der Waals surface area contributed by atoms with Gasteiger partial charge in [-0.15, -0.1) is 0 Å². The zero-order valence-electron chi connectivity index (χ0n) is 9.67. The smallest absolute Gasteiger partial charge is 0.200 e. The molecule has 0 nitrogen and oxygen atoms in total. The summed E-state index contributed by atoms with van der Waals surface area (Å²) >= 11 is 0. The van der Waals surface area contributed by atoms with Crippen LogP contribution in [0, 0.1) is 29.1 Å². The van der Waals surface area contributed by atoms with Crippen LogP contribution in [0.1, 0.15) is 25.8 Å². The summed E-state index contributed by atoms with van der Waals surface area (Å²) in [5.74, 6) is -9.51. The summed E-state index contributed by atoms with van der Waals surface area (Å²) in [7, 11) is 0. The summed E-state index contributed by atoms with van der Waals surface area (Å²) in [6, 6.07) is 0. The molecule has 0 saturated carbocycles. The first-order valence-electron chi connectivity index (χ1n) is 5.23. The molecule has 1 aromatic carbocycles. The summed E-state index contributed by atoms with van der Waals surface area (Å²) in [5.41, 5.74) is 0.892. The third-order valence-corrected chi connectivity index (χ3v) is 3.05. The Morgan fingerprint density at radius 3 is 1.61 bits per heavy atom. The van der Waals surface area contributed by atoms with Gasteiger partial charge in [-0.3, -0.25) is 0 Å². The van der Waals surface area contributed by atoms with Crippen molar-refractivity contribution in [2.45, 2.75) is 20.3 Å². The van der Waals surface area contributed by atoms with Gasteiger partial charge in [-0.05, 0) is 25.8 Å². The first kappa shape index (κ1) is 12.8. The van der Waals surface area contributed by atoms with E-state index in [1.807, 2.05) is 0 Å². The van der Waals surface area contributed by atoms with Crippen LogP contribution in [-0.2, 0) is 0 Å². The van der Waals surface area contributed by atoms with Crippen LogP contribution in [0.25, 0.3) is 5.57 Å². The molecule has 0 amide bonds. The van der Waals surface area contributed by atoms with Gasteiger partial charge in [0.2, 0.25) is 5.82 Å². The van der Waals surface area contributed by atoms with Crippen molar-refractivity contribution in [1.29, 1.82) is 0 Å². The van der Waals surface area contributed by atoms with Crippen molar-refractivity contribution >= 4 is 5.57 Å². The molecular weight excluding hydrogens is 251 g/mol. The summed E-state index contributed by atoms with van der Waals surface area (Å²) in [5, 5.41) is 0. The van der Waals surface area contributed by atoms with Crippen LogP contribution in [0.3, 0.4) is 0 Å². The fourth-order valence-electron chi connectivity index (χ4n) is 1.91. The first-order valence-corrected chi connectivity index (χ1v) is 5.23. The van der Waals surface area contributed by atoms with E-state index in [4.69, 9.17) is 0 Å². The van der Waals surface area contributed by atoms with Crippen molar-refractivity contribution in [3.05, 3.63) is 51.9 Å². The lowest BCUT2D eigenvalue weighted by atomic mass is 10.0. The zero-order chi connectivity index (χ0) is 13.6. The number of benzene rings is 1. The van der Waals surface area contributed by atoms with Crippen LogP contribution in [-0.4, -0.2) is 0 Å². The molecule has 5 heteroatoms. The largest absolute Gasteiger partial charge is 0.203 e. The Bertz CT molecular complexity index is 567. The highest BCUT2D eigenvalue weighted by Gasteiger charge is 2.28. The van der Waals surface area contributed by atoms with E-state index < -0.39 is 34.6 Å². The van der Waals surface area contributed by atoms with Crippen molar-refractivity contribution in [1.82, 2.24) is 0 Å². The topological polar surface area (TPSA) is 0 Å². The second-order valence-corrected chi connectivity index (χ2v) is 4.25. The van der Waals surface area contributed by atoms with Gasteiger partial charge < -0.3 is 0 Å². The lowest BCUT2D eigenvalue weighted by molar-refractivity contribution is 0.376. The fraction of sp³-hybridized carbons (Fsp3) is 0.231. The van der Waals surface area contributed by atoms with Crippen molar-refractivity contribution in [3.63, 3.8) is 0 Å². The Morgan fingerprint density at radius 1 is 0.778 bits per heavy atom. The molecule has 0 radical (unpaired) electrons. The van der Waals surface area contributed by atoms with E-state index in [0.717, 1.165) is 11.1 Å². The lowest BCUT2D eigenvalue weighted by Crippen LogP contribution is -2.06. The standard InChI is InChI=1S/C13H9F5/c1-5-3-7(4-6(5)2)8-9(14)11(16)13(18)12(17)10(8)15/h3H,4H2,1-2H3. The molecule has 1 aliphatic carbocycles. The average Bonchev–Trinajstić information content (AvgIpc) is 2.64. The summed E-state index contributed by atoms with van der Waals surface area (Å²) in [4.78, 5) is 0. The molecule has 0 fully saturated rings. The molecule has 1 aromatic rings. The highest BCUT2D eigenvalue weighted by atomic mass is 19.2. The van der Waals surface area contributed by atoms with Gasteiger partial charge in [-0.25, -0.2) is 22.0 Å². The first-order chi connectivity index (χ1) is 8.34. The van der Waals surface area contributed by atoms with E-state index in [1.165, 1.54) is 6.08 Å². The number of rotatable bonds is 1. The zero-order valence-corrected chi connectivity index (χ0v) is 9.67.